The number of halogens is 1. The van der Waals surface area contributed by atoms with E-state index in [-0.39, 0.29) is 36.8 Å². The van der Waals surface area contributed by atoms with Crippen molar-refractivity contribution in [3.8, 4) is 0 Å². The summed E-state index contributed by atoms with van der Waals surface area (Å²) in [6, 6.07) is 15.0. The Morgan fingerprint density at radius 1 is 1.14 bits per heavy atom. The van der Waals surface area contributed by atoms with Crippen molar-refractivity contribution in [1.29, 1.82) is 0 Å². The first-order valence-corrected chi connectivity index (χ1v) is 18.3. The van der Waals surface area contributed by atoms with Crippen LogP contribution in [0.2, 0.25) is 18.6 Å². The van der Waals surface area contributed by atoms with Gasteiger partial charge in [0.1, 0.15) is 0 Å². The molecule has 230 valence electrons. The monoisotopic (exact) mass is 608 g/mol. The number of hydrogen-bond acceptors (Lipinski definition) is 6. The molecule has 1 spiro atoms. The molecule has 4 aliphatic heterocycles. The molecule has 0 bridgehead atoms. The lowest BCUT2D eigenvalue weighted by molar-refractivity contribution is -0.150. The van der Waals surface area contributed by atoms with Crippen LogP contribution in [-0.2, 0) is 31.3 Å². The highest BCUT2D eigenvalue weighted by atomic mass is 28.4. The van der Waals surface area contributed by atoms with Crippen LogP contribution in [0.25, 0.3) is 0 Å². The summed E-state index contributed by atoms with van der Waals surface area (Å²) in [5, 5.41) is 12.9. The summed E-state index contributed by atoms with van der Waals surface area (Å²) in [6.45, 7) is 7.57. The molecule has 3 saturated heterocycles. The lowest BCUT2D eigenvalue weighted by Gasteiger charge is -2.31. The summed E-state index contributed by atoms with van der Waals surface area (Å²) in [5.41, 5.74) is 1.19. The zero-order valence-electron chi connectivity index (χ0n) is 25.1. The van der Waals surface area contributed by atoms with Gasteiger partial charge in [-0.2, -0.15) is 0 Å². The quantitative estimate of drug-likeness (QED) is 0.370. The molecule has 0 aliphatic carbocycles. The van der Waals surface area contributed by atoms with E-state index in [9.17, 15) is 19.5 Å². The Morgan fingerprint density at radius 3 is 2.58 bits per heavy atom. The van der Waals surface area contributed by atoms with Gasteiger partial charge < -0.3 is 34.0 Å². The first kappa shape index (κ1) is 29.9. The molecule has 2 aromatic rings. The number of hydrogen-bond donors (Lipinski definition) is 2. The van der Waals surface area contributed by atoms with Crippen LogP contribution in [-0.4, -0.2) is 81.1 Å². The number of para-hydroxylation sites is 1. The summed E-state index contributed by atoms with van der Waals surface area (Å²) < 4.78 is 22.8. The SMILES string of the molecule is C[C@H]1[C@H]([Si](C)(C)F)[C@@H](CC(=O)N2CCC[C@H]2CO)O[C@]12C(=O)N(Cc1ccc(N3CCNCC3=O)cc1)c1ccccc12. The van der Waals surface area contributed by atoms with Crippen LogP contribution in [0, 0.1) is 5.92 Å². The molecule has 3 amide bonds. The van der Waals surface area contributed by atoms with E-state index in [2.05, 4.69) is 5.32 Å². The number of carbonyl (C=O) groups excluding carboxylic acids is 3. The van der Waals surface area contributed by atoms with Gasteiger partial charge in [0.05, 0.1) is 44.0 Å². The van der Waals surface area contributed by atoms with Crippen LogP contribution in [0.1, 0.15) is 37.3 Å². The molecule has 2 aromatic carbocycles. The van der Waals surface area contributed by atoms with Gasteiger partial charge in [0.2, 0.25) is 20.2 Å². The topological polar surface area (TPSA) is 102 Å². The summed E-state index contributed by atoms with van der Waals surface area (Å²) in [5.74, 6) is -0.859. The first-order chi connectivity index (χ1) is 20.6. The third kappa shape index (κ3) is 5.09. The van der Waals surface area contributed by atoms with Gasteiger partial charge in [-0.15, -0.1) is 0 Å². The normalized spacial score (nSPS) is 29.2. The number of nitrogens with zero attached hydrogens (tertiary/aromatic N) is 3. The van der Waals surface area contributed by atoms with E-state index in [1.54, 1.807) is 27.8 Å². The number of benzene rings is 2. The number of aliphatic hydroxyl groups excluding tert-OH is 1. The van der Waals surface area contributed by atoms with E-state index in [0.29, 0.717) is 31.7 Å². The predicted octanol–water partition coefficient (Wildman–Crippen LogP) is 3.32. The molecule has 0 unspecified atom stereocenters. The Hall–Kier alpha value is -3.12. The fourth-order valence-electron chi connectivity index (χ4n) is 7.84. The van der Waals surface area contributed by atoms with E-state index < -0.39 is 31.6 Å². The van der Waals surface area contributed by atoms with Crippen molar-refractivity contribution in [3.63, 3.8) is 0 Å². The van der Waals surface area contributed by atoms with Crippen LogP contribution in [0.15, 0.2) is 48.5 Å². The molecule has 4 heterocycles. The maximum absolute atomic E-state index is 16.1. The Kier molecular flexibility index (Phi) is 7.95. The number of likely N-dealkylation sites (tertiary alicyclic amines) is 1. The first-order valence-electron chi connectivity index (χ1n) is 15.3. The van der Waals surface area contributed by atoms with Crippen molar-refractivity contribution in [2.45, 2.75) is 69.1 Å². The highest BCUT2D eigenvalue weighted by Crippen LogP contribution is 2.60. The Bertz CT molecular complexity index is 1400. The molecular weight excluding hydrogens is 567 g/mol. The summed E-state index contributed by atoms with van der Waals surface area (Å²) in [7, 11) is -3.40. The van der Waals surface area contributed by atoms with Gasteiger partial charge >= 0.3 is 0 Å². The number of fused-ring (bicyclic) bond motifs is 2. The number of aliphatic hydroxyl groups is 1. The largest absolute Gasteiger partial charge is 0.394 e. The van der Waals surface area contributed by atoms with Crippen molar-refractivity contribution in [2.24, 2.45) is 5.92 Å². The van der Waals surface area contributed by atoms with Crippen LogP contribution in [0.3, 0.4) is 0 Å². The van der Waals surface area contributed by atoms with Gasteiger partial charge in [-0.25, -0.2) is 0 Å². The fraction of sp³-hybridized carbons (Fsp3) is 0.531. The van der Waals surface area contributed by atoms with E-state index >= 15 is 4.11 Å². The van der Waals surface area contributed by atoms with Crippen LogP contribution in [0.5, 0.6) is 0 Å². The molecule has 11 heteroatoms. The molecule has 43 heavy (non-hydrogen) atoms. The Balaban J connectivity index is 1.29. The summed E-state index contributed by atoms with van der Waals surface area (Å²) in [4.78, 5) is 45.5. The molecule has 3 fully saturated rings. The molecule has 6 rings (SSSR count). The van der Waals surface area contributed by atoms with Crippen LogP contribution < -0.4 is 15.1 Å². The van der Waals surface area contributed by atoms with Gasteiger partial charge in [-0.3, -0.25) is 14.4 Å². The minimum Gasteiger partial charge on any atom is -0.394 e. The molecular formula is C32H41FN4O5Si. The second kappa shape index (κ2) is 11.4. The van der Waals surface area contributed by atoms with Gasteiger partial charge in [-0.1, -0.05) is 37.3 Å². The van der Waals surface area contributed by atoms with E-state index in [1.807, 2.05) is 55.5 Å². The van der Waals surface area contributed by atoms with Crippen LogP contribution >= 0.6 is 0 Å². The maximum Gasteiger partial charge on any atom is 0.264 e. The molecule has 5 atom stereocenters. The highest BCUT2D eigenvalue weighted by Gasteiger charge is 2.67. The highest BCUT2D eigenvalue weighted by molar-refractivity contribution is 6.72. The number of carbonyl (C=O) groups is 3. The third-order valence-electron chi connectivity index (χ3n) is 9.83. The van der Waals surface area contributed by atoms with Gasteiger partial charge in [0, 0.05) is 42.3 Å². The van der Waals surface area contributed by atoms with Crippen molar-refractivity contribution >= 4 is 37.5 Å². The number of rotatable bonds is 7. The van der Waals surface area contributed by atoms with Crippen molar-refractivity contribution < 1.29 is 28.3 Å². The lowest BCUT2D eigenvalue weighted by atomic mass is 9.82. The van der Waals surface area contributed by atoms with Crippen LogP contribution in [0.4, 0.5) is 15.5 Å². The Morgan fingerprint density at radius 2 is 1.88 bits per heavy atom. The van der Waals surface area contributed by atoms with Crippen molar-refractivity contribution in [1.82, 2.24) is 10.2 Å². The molecule has 9 nitrogen and oxygen atoms in total. The zero-order chi connectivity index (χ0) is 30.5. The molecule has 0 aromatic heterocycles. The second-order valence-electron chi connectivity index (χ2n) is 12.8. The average Bonchev–Trinajstić information content (AvgIpc) is 3.64. The van der Waals surface area contributed by atoms with Gasteiger partial charge in [0.25, 0.3) is 5.91 Å². The zero-order valence-corrected chi connectivity index (χ0v) is 26.1. The third-order valence-corrected chi connectivity index (χ3v) is 12.3. The van der Waals surface area contributed by atoms with Gasteiger partial charge in [0.15, 0.2) is 5.60 Å². The molecule has 0 saturated carbocycles. The lowest BCUT2D eigenvalue weighted by Crippen LogP contribution is -2.48. The maximum atomic E-state index is 16.1. The van der Waals surface area contributed by atoms with Crippen molar-refractivity contribution in [3.05, 3.63) is 59.7 Å². The number of anilines is 2. The fourth-order valence-corrected chi connectivity index (χ4v) is 10.3. The molecule has 0 radical (unpaired) electrons. The second-order valence-corrected chi connectivity index (χ2v) is 16.6. The minimum atomic E-state index is -3.40. The predicted molar refractivity (Wildman–Crippen MR) is 164 cm³/mol. The van der Waals surface area contributed by atoms with E-state index in [4.69, 9.17) is 4.74 Å². The van der Waals surface area contributed by atoms with Gasteiger partial charge in [-0.05, 0) is 49.7 Å². The number of ether oxygens (including phenoxy) is 1. The van der Waals surface area contributed by atoms with E-state index in [1.165, 1.54) is 0 Å². The van der Waals surface area contributed by atoms with E-state index in [0.717, 1.165) is 36.3 Å². The minimum absolute atomic E-state index is 0.0186. The Labute approximate surface area is 253 Å². The summed E-state index contributed by atoms with van der Waals surface area (Å²) >= 11 is 0. The molecule has 4 aliphatic rings. The standard InChI is InChI=1S/C32H41FN4O5Si/c1-21-30(43(2,3)33)27(17-28(39)35-15-6-7-24(35)20-38)42-32(21)25-8-4-5-9-26(25)37(31(32)41)19-22-10-12-23(13-11-22)36-16-14-34-18-29(36)40/h4-5,8-13,21,24,27,30,34,38H,6-7,14-20H2,1-3H3/t21-,24-,27+,30-,32+/m0/s1. The summed E-state index contributed by atoms with van der Waals surface area (Å²) in [6.07, 6.45) is 0.800. The smallest absolute Gasteiger partial charge is 0.264 e. The average molecular weight is 609 g/mol. The number of amides is 3. The van der Waals surface area contributed by atoms with Crippen molar-refractivity contribution in [2.75, 3.05) is 42.6 Å². The molecule has 2 N–H and O–H groups in total. The number of piperazine rings is 1. The number of nitrogens with one attached hydrogen (secondary N) is 1.